The smallest absolute Gasteiger partial charge is 0.0244 e. The molecule has 0 saturated heterocycles. The Balaban J connectivity index is 1.68. The van der Waals surface area contributed by atoms with Crippen LogP contribution in [0.3, 0.4) is 0 Å². The summed E-state index contributed by atoms with van der Waals surface area (Å²) >= 11 is 1.93. The Kier molecular flexibility index (Phi) is 6.35. The van der Waals surface area contributed by atoms with Crippen LogP contribution in [0.5, 0.6) is 0 Å². The molecule has 1 aromatic heterocycles. The standard InChI is InChI=1S/C16H28N2S/c1-2-4-14(6-9-17)5-3-10-18-11-7-16-15(13-18)8-12-19-16/h8,12,14H,2-7,9-11,13,17H2,1H3. The lowest BCUT2D eigenvalue weighted by Crippen LogP contribution is -2.30. The first kappa shape index (κ1) is 15.0. The van der Waals surface area contributed by atoms with Crippen LogP contribution in [0.15, 0.2) is 11.4 Å². The molecule has 0 fully saturated rings. The molecular formula is C16H28N2S. The van der Waals surface area contributed by atoms with E-state index in [1.807, 2.05) is 11.3 Å². The van der Waals surface area contributed by atoms with Crippen molar-refractivity contribution in [3.05, 3.63) is 21.9 Å². The Labute approximate surface area is 122 Å². The van der Waals surface area contributed by atoms with Gasteiger partial charge in [-0.15, -0.1) is 11.3 Å². The maximum Gasteiger partial charge on any atom is 0.0244 e. The summed E-state index contributed by atoms with van der Waals surface area (Å²) in [5.74, 6) is 0.858. The SMILES string of the molecule is CCCC(CCN)CCCN1CCc2sccc2C1. The fourth-order valence-corrected chi connectivity index (χ4v) is 4.07. The third-order valence-electron chi connectivity index (χ3n) is 4.25. The van der Waals surface area contributed by atoms with Crippen molar-refractivity contribution in [1.82, 2.24) is 4.90 Å². The molecule has 19 heavy (non-hydrogen) atoms. The van der Waals surface area contributed by atoms with E-state index in [9.17, 15) is 0 Å². The Morgan fingerprint density at radius 1 is 1.37 bits per heavy atom. The lowest BCUT2D eigenvalue weighted by molar-refractivity contribution is 0.241. The van der Waals surface area contributed by atoms with E-state index in [4.69, 9.17) is 5.73 Å². The van der Waals surface area contributed by atoms with Gasteiger partial charge >= 0.3 is 0 Å². The number of nitrogens with zero attached hydrogens (tertiary/aromatic N) is 1. The van der Waals surface area contributed by atoms with E-state index >= 15 is 0 Å². The van der Waals surface area contributed by atoms with Gasteiger partial charge in [0.05, 0.1) is 0 Å². The van der Waals surface area contributed by atoms with Gasteiger partial charge in [-0.1, -0.05) is 19.8 Å². The van der Waals surface area contributed by atoms with Crippen molar-refractivity contribution in [2.24, 2.45) is 11.7 Å². The van der Waals surface area contributed by atoms with Gasteiger partial charge in [0.25, 0.3) is 0 Å². The van der Waals surface area contributed by atoms with Gasteiger partial charge < -0.3 is 5.73 Å². The third kappa shape index (κ3) is 4.59. The summed E-state index contributed by atoms with van der Waals surface area (Å²) in [4.78, 5) is 4.24. The molecule has 1 unspecified atom stereocenters. The maximum absolute atomic E-state index is 5.71. The highest BCUT2D eigenvalue weighted by molar-refractivity contribution is 7.10. The molecule has 2 nitrogen and oxygen atoms in total. The highest BCUT2D eigenvalue weighted by atomic mass is 32.1. The molecule has 108 valence electrons. The first-order chi connectivity index (χ1) is 9.33. The molecule has 2 heterocycles. The van der Waals surface area contributed by atoms with Crippen molar-refractivity contribution in [1.29, 1.82) is 0 Å². The van der Waals surface area contributed by atoms with Crippen molar-refractivity contribution in [2.75, 3.05) is 19.6 Å². The lowest BCUT2D eigenvalue weighted by Gasteiger charge is -2.27. The summed E-state index contributed by atoms with van der Waals surface area (Å²) in [5, 5.41) is 2.24. The average Bonchev–Trinajstić information content (AvgIpc) is 2.86. The van der Waals surface area contributed by atoms with E-state index < -0.39 is 0 Å². The third-order valence-corrected chi connectivity index (χ3v) is 5.27. The number of fused-ring (bicyclic) bond motifs is 1. The Morgan fingerprint density at radius 3 is 3.05 bits per heavy atom. The second-order valence-electron chi connectivity index (χ2n) is 5.77. The van der Waals surface area contributed by atoms with Crippen LogP contribution in [0, 0.1) is 5.92 Å². The molecule has 1 atom stereocenters. The molecule has 1 aliphatic rings. The summed E-state index contributed by atoms with van der Waals surface area (Å²) in [6.07, 6.45) is 7.82. The van der Waals surface area contributed by atoms with Gasteiger partial charge in [0.15, 0.2) is 0 Å². The zero-order chi connectivity index (χ0) is 13.5. The highest BCUT2D eigenvalue weighted by Gasteiger charge is 2.17. The number of rotatable bonds is 8. The zero-order valence-corrected chi connectivity index (χ0v) is 13.1. The van der Waals surface area contributed by atoms with Gasteiger partial charge in [0, 0.05) is 18.0 Å². The number of hydrogen-bond acceptors (Lipinski definition) is 3. The first-order valence-corrected chi connectivity index (χ1v) is 8.69. The Bertz CT molecular complexity index is 355. The fraction of sp³-hybridized carbons (Fsp3) is 0.750. The second kappa shape index (κ2) is 8.03. The Hall–Kier alpha value is -0.380. The summed E-state index contributed by atoms with van der Waals surface area (Å²) in [7, 11) is 0. The molecule has 0 spiro atoms. The van der Waals surface area contributed by atoms with Crippen molar-refractivity contribution in [3.63, 3.8) is 0 Å². The molecule has 0 radical (unpaired) electrons. The molecular weight excluding hydrogens is 252 g/mol. The minimum Gasteiger partial charge on any atom is -0.330 e. The number of nitrogens with two attached hydrogens (primary N) is 1. The molecule has 3 heteroatoms. The van der Waals surface area contributed by atoms with Crippen molar-refractivity contribution < 1.29 is 0 Å². The molecule has 0 aliphatic carbocycles. The van der Waals surface area contributed by atoms with Crippen LogP contribution in [-0.4, -0.2) is 24.5 Å². The van der Waals surface area contributed by atoms with E-state index in [1.165, 1.54) is 58.2 Å². The largest absolute Gasteiger partial charge is 0.330 e. The van der Waals surface area contributed by atoms with Crippen LogP contribution < -0.4 is 5.73 Å². The molecule has 0 aromatic carbocycles. The fourth-order valence-electron chi connectivity index (χ4n) is 3.18. The summed E-state index contributed by atoms with van der Waals surface area (Å²) in [5.41, 5.74) is 7.28. The first-order valence-electron chi connectivity index (χ1n) is 7.81. The van der Waals surface area contributed by atoms with E-state index in [-0.39, 0.29) is 0 Å². The molecule has 2 rings (SSSR count). The van der Waals surface area contributed by atoms with Crippen LogP contribution in [0.25, 0.3) is 0 Å². The van der Waals surface area contributed by atoms with Gasteiger partial charge in [0.2, 0.25) is 0 Å². The molecule has 0 saturated carbocycles. The lowest BCUT2D eigenvalue weighted by atomic mass is 9.94. The van der Waals surface area contributed by atoms with Gasteiger partial charge in [-0.2, -0.15) is 0 Å². The molecule has 2 N–H and O–H groups in total. The van der Waals surface area contributed by atoms with Gasteiger partial charge in [0.1, 0.15) is 0 Å². The average molecular weight is 280 g/mol. The molecule has 0 amide bonds. The monoisotopic (exact) mass is 280 g/mol. The topological polar surface area (TPSA) is 29.3 Å². The molecule has 0 bridgehead atoms. The highest BCUT2D eigenvalue weighted by Crippen LogP contribution is 2.24. The summed E-state index contributed by atoms with van der Waals surface area (Å²) < 4.78 is 0. The normalized spacial score (nSPS) is 17.4. The van der Waals surface area contributed by atoms with Crippen LogP contribution in [0.1, 0.15) is 49.5 Å². The predicted octanol–water partition coefficient (Wildman–Crippen LogP) is 3.65. The van der Waals surface area contributed by atoms with Crippen molar-refractivity contribution in [2.45, 2.75) is 52.0 Å². The van der Waals surface area contributed by atoms with Crippen LogP contribution >= 0.6 is 11.3 Å². The van der Waals surface area contributed by atoms with E-state index in [2.05, 4.69) is 23.3 Å². The molecule has 1 aliphatic heterocycles. The van der Waals surface area contributed by atoms with E-state index in [1.54, 1.807) is 10.4 Å². The second-order valence-corrected chi connectivity index (χ2v) is 6.77. The maximum atomic E-state index is 5.71. The van der Waals surface area contributed by atoms with Gasteiger partial charge in [-0.3, -0.25) is 4.90 Å². The Morgan fingerprint density at radius 2 is 2.26 bits per heavy atom. The zero-order valence-electron chi connectivity index (χ0n) is 12.2. The summed E-state index contributed by atoms with van der Waals surface area (Å²) in [6.45, 7) is 6.83. The van der Waals surface area contributed by atoms with Crippen molar-refractivity contribution in [3.8, 4) is 0 Å². The van der Waals surface area contributed by atoms with Crippen LogP contribution in [-0.2, 0) is 13.0 Å². The van der Waals surface area contributed by atoms with Gasteiger partial charge in [-0.05, 0) is 61.7 Å². The van der Waals surface area contributed by atoms with Crippen molar-refractivity contribution >= 4 is 11.3 Å². The summed E-state index contributed by atoms with van der Waals surface area (Å²) in [6, 6.07) is 2.31. The minimum atomic E-state index is 0.854. The predicted molar refractivity (Wildman–Crippen MR) is 84.6 cm³/mol. The van der Waals surface area contributed by atoms with Gasteiger partial charge in [-0.25, -0.2) is 0 Å². The number of thiophene rings is 1. The minimum absolute atomic E-state index is 0.854. The molecule has 1 aromatic rings. The van der Waals surface area contributed by atoms with E-state index in [0.717, 1.165) is 12.5 Å². The quantitative estimate of drug-likeness (QED) is 0.787. The van der Waals surface area contributed by atoms with Crippen LogP contribution in [0.4, 0.5) is 0 Å². The number of hydrogen-bond donors (Lipinski definition) is 1. The van der Waals surface area contributed by atoms with E-state index in [0.29, 0.717) is 0 Å². The van der Waals surface area contributed by atoms with Crippen LogP contribution in [0.2, 0.25) is 0 Å².